The summed E-state index contributed by atoms with van der Waals surface area (Å²) in [5.74, 6) is -0.603. The van der Waals surface area contributed by atoms with Gasteiger partial charge in [-0.15, -0.1) is 0 Å². The highest BCUT2D eigenvalue weighted by molar-refractivity contribution is 7.92. The molecule has 0 unspecified atom stereocenters. The summed E-state index contributed by atoms with van der Waals surface area (Å²) in [6.07, 6.45) is 1.31. The van der Waals surface area contributed by atoms with Gasteiger partial charge in [0.25, 0.3) is 10.0 Å². The molecule has 1 fully saturated rings. The molecule has 5 nitrogen and oxygen atoms in total. The number of rotatable bonds is 4. The van der Waals surface area contributed by atoms with E-state index in [1.807, 2.05) is 0 Å². The molecule has 3 rings (SSSR count). The molecular weight excluding hydrogens is 331 g/mol. The number of hydrogen-bond donors (Lipinski definition) is 1. The number of aryl methyl sites for hydroxylation is 1. The zero-order valence-corrected chi connectivity index (χ0v) is 13.9. The van der Waals surface area contributed by atoms with E-state index in [-0.39, 0.29) is 16.5 Å². The van der Waals surface area contributed by atoms with Crippen LogP contribution < -0.4 is 9.62 Å². The Labute approximate surface area is 140 Å². The maximum atomic E-state index is 13.8. The molecule has 1 heterocycles. The lowest BCUT2D eigenvalue weighted by atomic mass is 10.2. The van der Waals surface area contributed by atoms with Gasteiger partial charge in [0.15, 0.2) is 0 Å². The van der Waals surface area contributed by atoms with Crippen molar-refractivity contribution in [1.29, 1.82) is 0 Å². The summed E-state index contributed by atoms with van der Waals surface area (Å²) < 4.78 is 40.8. The molecule has 126 valence electrons. The number of sulfonamides is 1. The maximum Gasteiger partial charge on any atom is 0.261 e. The fourth-order valence-corrected chi connectivity index (χ4v) is 3.71. The highest BCUT2D eigenvalue weighted by Crippen LogP contribution is 2.25. The average molecular weight is 348 g/mol. The number of halogens is 1. The number of carbonyl (C=O) groups is 1. The predicted molar refractivity (Wildman–Crippen MR) is 90.0 cm³/mol. The number of carbonyl (C=O) groups excluding carboxylic acids is 1. The van der Waals surface area contributed by atoms with Crippen LogP contribution >= 0.6 is 0 Å². The minimum absolute atomic E-state index is 0.0128. The molecule has 2 aromatic carbocycles. The number of nitrogens with one attached hydrogen (secondary N) is 1. The van der Waals surface area contributed by atoms with Crippen LogP contribution in [0.2, 0.25) is 0 Å². The minimum atomic E-state index is -3.90. The third kappa shape index (κ3) is 3.26. The zero-order valence-electron chi connectivity index (χ0n) is 13.1. The molecule has 0 spiro atoms. The van der Waals surface area contributed by atoms with Crippen LogP contribution in [0.25, 0.3) is 0 Å². The lowest BCUT2D eigenvalue weighted by Gasteiger charge is -2.16. The molecule has 0 atom stereocenters. The van der Waals surface area contributed by atoms with Crippen LogP contribution in [0, 0.1) is 12.7 Å². The van der Waals surface area contributed by atoms with Crippen molar-refractivity contribution >= 4 is 27.3 Å². The Morgan fingerprint density at radius 1 is 1.12 bits per heavy atom. The summed E-state index contributed by atoms with van der Waals surface area (Å²) in [5, 5.41) is 0. The van der Waals surface area contributed by atoms with Gasteiger partial charge in [-0.05, 0) is 55.3 Å². The second kappa shape index (κ2) is 6.24. The van der Waals surface area contributed by atoms with Gasteiger partial charge in [0.1, 0.15) is 5.82 Å². The van der Waals surface area contributed by atoms with E-state index in [0.717, 1.165) is 12.0 Å². The first-order valence-corrected chi connectivity index (χ1v) is 9.04. The molecule has 1 N–H and O–H groups in total. The highest BCUT2D eigenvalue weighted by Gasteiger charge is 2.22. The number of nitrogens with zero attached hydrogens (tertiary/aromatic N) is 1. The van der Waals surface area contributed by atoms with Crippen LogP contribution in [-0.2, 0) is 14.8 Å². The fourth-order valence-electron chi connectivity index (χ4n) is 2.65. The molecule has 7 heteroatoms. The van der Waals surface area contributed by atoms with Crippen LogP contribution in [-0.4, -0.2) is 20.9 Å². The van der Waals surface area contributed by atoms with E-state index in [1.165, 1.54) is 24.3 Å². The normalized spacial score (nSPS) is 14.9. The first kappa shape index (κ1) is 16.4. The lowest BCUT2D eigenvalue weighted by Crippen LogP contribution is -2.23. The second-order valence-corrected chi connectivity index (χ2v) is 7.41. The Morgan fingerprint density at radius 2 is 1.83 bits per heavy atom. The van der Waals surface area contributed by atoms with E-state index in [2.05, 4.69) is 4.72 Å². The monoisotopic (exact) mass is 348 g/mol. The fraction of sp³-hybridized carbons (Fsp3) is 0.235. The van der Waals surface area contributed by atoms with Crippen molar-refractivity contribution < 1.29 is 17.6 Å². The topological polar surface area (TPSA) is 66.5 Å². The molecular formula is C17H17FN2O3S. The number of benzene rings is 2. The van der Waals surface area contributed by atoms with Gasteiger partial charge in [0, 0.05) is 18.7 Å². The second-order valence-electron chi connectivity index (χ2n) is 5.73. The Morgan fingerprint density at radius 3 is 2.46 bits per heavy atom. The molecule has 24 heavy (non-hydrogen) atoms. The van der Waals surface area contributed by atoms with E-state index >= 15 is 0 Å². The maximum absolute atomic E-state index is 13.8. The minimum Gasteiger partial charge on any atom is -0.312 e. The standard InChI is InChI=1S/C17H17FN2O3S/c1-12-4-9-15(18)16(11-12)19-24(22,23)14-7-5-13(6-8-14)20-10-2-3-17(20)21/h4-9,11,19H,2-3,10H2,1H3. The van der Waals surface area contributed by atoms with Gasteiger partial charge in [-0.3, -0.25) is 9.52 Å². The van der Waals surface area contributed by atoms with Crippen molar-refractivity contribution in [2.75, 3.05) is 16.2 Å². The molecule has 1 aliphatic heterocycles. The van der Waals surface area contributed by atoms with Gasteiger partial charge in [0.2, 0.25) is 5.91 Å². The Bertz CT molecular complexity index is 879. The molecule has 1 aliphatic rings. The van der Waals surface area contributed by atoms with Gasteiger partial charge < -0.3 is 4.90 Å². The molecule has 0 aliphatic carbocycles. The average Bonchev–Trinajstić information content (AvgIpc) is 2.97. The van der Waals surface area contributed by atoms with Crippen LogP contribution in [0.4, 0.5) is 15.8 Å². The molecule has 0 saturated carbocycles. The third-order valence-corrected chi connectivity index (χ3v) is 5.28. The van der Waals surface area contributed by atoms with E-state index < -0.39 is 15.8 Å². The highest BCUT2D eigenvalue weighted by atomic mass is 32.2. The van der Waals surface area contributed by atoms with Crippen molar-refractivity contribution in [1.82, 2.24) is 0 Å². The van der Waals surface area contributed by atoms with Gasteiger partial charge in [-0.1, -0.05) is 6.07 Å². The molecule has 1 saturated heterocycles. The van der Waals surface area contributed by atoms with E-state index in [0.29, 0.717) is 18.7 Å². The van der Waals surface area contributed by atoms with Gasteiger partial charge in [-0.25, -0.2) is 12.8 Å². The SMILES string of the molecule is Cc1ccc(F)c(NS(=O)(=O)c2ccc(N3CCCC3=O)cc2)c1. The molecule has 2 aromatic rings. The summed E-state index contributed by atoms with van der Waals surface area (Å²) in [5.41, 5.74) is 1.32. The van der Waals surface area contributed by atoms with E-state index in [9.17, 15) is 17.6 Å². The Hall–Kier alpha value is -2.41. The van der Waals surface area contributed by atoms with Crippen LogP contribution in [0.1, 0.15) is 18.4 Å². The molecule has 0 aromatic heterocycles. The third-order valence-electron chi connectivity index (χ3n) is 3.90. The zero-order chi connectivity index (χ0) is 17.3. The quantitative estimate of drug-likeness (QED) is 0.923. The van der Waals surface area contributed by atoms with Crippen LogP contribution in [0.15, 0.2) is 47.4 Å². The van der Waals surface area contributed by atoms with Crippen LogP contribution in [0.3, 0.4) is 0 Å². The lowest BCUT2D eigenvalue weighted by molar-refractivity contribution is -0.117. The van der Waals surface area contributed by atoms with Crippen molar-refractivity contribution in [2.45, 2.75) is 24.7 Å². The van der Waals surface area contributed by atoms with E-state index in [4.69, 9.17) is 0 Å². The first-order valence-electron chi connectivity index (χ1n) is 7.56. The van der Waals surface area contributed by atoms with E-state index in [1.54, 1.807) is 30.0 Å². The summed E-state index contributed by atoms with van der Waals surface area (Å²) in [6.45, 7) is 2.39. The summed E-state index contributed by atoms with van der Waals surface area (Å²) in [4.78, 5) is 13.4. The number of anilines is 2. The van der Waals surface area contributed by atoms with Crippen molar-refractivity contribution in [2.24, 2.45) is 0 Å². The van der Waals surface area contributed by atoms with Crippen molar-refractivity contribution in [3.63, 3.8) is 0 Å². The summed E-state index contributed by atoms with van der Waals surface area (Å²) in [6, 6.07) is 10.2. The number of amides is 1. The van der Waals surface area contributed by atoms with Gasteiger partial charge in [0.05, 0.1) is 10.6 Å². The van der Waals surface area contributed by atoms with Crippen molar-refractivity contribution in [3.8, 4) is 0 Å². The molecule has 1 amide bonds. The first-order chi connectivity index (χ1) is 11.4. The van der Waals surface area contributed by atoms with Gasteiger partial charge >= 0.3 is 0 Å². The molecule has 0 bridgehead atoms. The molecule has 0 radical (unpaired) electrons. The Balaban J connectivity index is 1.84. The smallest absolute Gasteiger partial charge is 0.261 e. The van der Waals surface area contributed by atoms with Crippen molar-refractivity contribution in [3.05, 3.63) is 53.8 Å². The Kier molecular flexibility index (Phi) is 4.28. The largest absolute Gasteiger partial charge is 0.312 e. The predicted octanol–water partition coefficient (Wildman–Crippen LogP) is 3.06. The number of hydrogen-bond acceptors (Lipinski definition) is 3. The van der Waals surface area contributed by atoms with Crippen LogP contribution in [0.5, 0.6) is 0 Å². The summed E-state index contributed by atoms with van der Waals surface area (Å²) >= 11 is 0. The summed E-state index contributed by atoms with van der Waals surface area (Å²) in [7, 11) is -3.90. The van der Waals surface area contributed by atoms with Gasteiger partial charge in [-0.2, -0.15) is 0 Å².